The van der Waals surface area contributed by atoms with Crippen LogP contribution in [0.1, 0.15) is 20.8 Å². The van der Waals surface area contributed by atoms with Gasteiger partial charge in [0, 0.05) is 32.7 Å². The normalized spacial score (nSPS) is 17.5. The quantitative estimate of drug-likeness (QED) is 0.707. The lowest BCUT2D eigenvalue weighted by molar-refractivity contribution is -0.142. The molecule has 0 aliphatic carbocycles. The van der Waals surface area contributed by atoms with E-state index in [2.05, 4.69) is 16.1 Å². The fourth-order valence-corrected chi connectivity index (χ4v) is 2.18. The summed E-state index contributed by atoms with van der Waals surface area (Å²) in [7, 11) is 0. The van der Waals surface area contributed by atoms with Crippen molar-refractivity contribution in [2.24, 2.45) is 0 Å². The fourth-order valence-electron chi connectivity index (χ4n) is 2.18. The van der Waals surface area contributed by atoms with Crippen molar-refractivity contribution in [1.82, 2.24) is 15.1 Å². The average Bonchev–Trinajstić information content (AvgIpc) is 2.36. The van der Waals surface area contributed by atoms with E-state index in [4.69, 9.17) is 6.42 Å². The second kappa shape index (κ2) is 6.04. The Bertz CT molecular complexity index is 300. The second-order valence-corrected chi connectivity index (χ2v) is 4.82. The minimum absolute atomic E-state index is 0.125. The van der Waals surface area contributed by atoms with Crippen LogP contribution in [0.3, 0.4) is 0 Å². The lowest BCUT2D eigenvalue weighted by Crippen LogP contribution is -2.60. The number of piperazine rings is 1. The molecule has 0 unspecified atom stereocenters. The number of nitrogens with one attached hydrogen (secondary N) is 1. The summed E-state index contributed by atoms with van der Waals surface area (Å²) in [6.45, 7) is 10.7. The van der Waals surface area contributed by atoms with Crippen molar-refractivity contribution in [3.8, 4) is 12.3 Å². The van der Waals surface area contributed by atoms with Crippen molar-refractivity contribution in [2.75, 3.05) is 39.3 Å². The highest BCUT2D eigenvalue weighted by molar-refractivity contribution is 5.85. The first-order valence-corrected chi connectivity index (χ1v) is 6.22. The zero-order valence-electron chi connectivity index (χ0n) is 11.1. The van der Waals surface area contributed by atoms with E-state index >= 15 is 0 Å². The Kier molecular flexibility index (Phi) is 4.98. The molecule has 1 heterocycles. The molecule has 1 aliphatic heterocycles. The van der Waals surface area contributed by atoms with Crippen LogP contribution in [0.25, 0.3) is 0 Å². The largest absolute Gasteiger partial charge is 0.330 e. The maximum absolute atomic E-state index is 12.5. The molecule has 4 heteroatoms. The molecule has 96 valence electrons. The van der Waals surface area contributed by atoms with Gasteiger partial charge in [0.1, 0.15) is 0 Å². The molecule has 17 heavy (non-hydrogen) atoms. The van der Waals surface area contributed by atoms with Gasteiger partial charge in [0.25, 0.3) is 0 Å². The molecular weight excluding hydrogens is 214 g/mol. The molecule has 0 spiro atoms. The number of hydrogen-bond donors (Lipinski definition) is 1. The van der Waals surface area contributed by atoms with Crippen LogP contribution >= 0.6 is 0 Å². The highest BCUT2D eigenvalue weighted by Gasteiger charge is 2.37. The lowest BCUT2D eigenvalue weighted by atomic mass is 9.99. The minimum atomic E-state index is -0.463. The van der Waals surface area contributed by atoms with Gasteiger partial charge in [-0.15, -0.1) is 6.42 Å². The van der Waals surface area contributed by atoms with E-state index in [9.17, 15) is 4.79 Å². The van der Waals surface area contributed by atoms with Gasteiger partial charge >= 0.3 is 0 Å². The summed E-state index contributed by atoms with van der Waals surface area (Å²) in [5.74, 6) is 2.67. The van der Waals surface area contributed by atoms with E-state index in [0.717, 1.165) is 26.2 Å². The van der Waals surface area contributed by atoms with E-state index in [1.54, 1.807) is 4.90 Å². The first-order chi connectivity index (χ1) is 8.04. The number of terminal acetylenes is 1. The number of carbonyl (C=O) groups excluding carboxylic acids is 1. The zero-order chi connectivity index (χ0) is 12.9. The molecule has 1 N–H and O–H groups in total. The van der Waals surface area contributed by atoms with E-state index in [0.29, 0.717) is 13.1 Å². The van der Waals surface area contributed by atoms with Crippen LogP contribution in [0.15, 0.2) is 0 Å². The topological polar surface area (TPSA) is 35.6 Å². The molecule has 4 nitrogen and oxygen atoms in total. The average molecular weight is 237 g/mol. The summed E-state index contributed by atoms with van der Waals surface area (Å²) < 4.78 is 0. The predicted molar refractivity (Wildman–Crippen MR) is 69.6 cm³/mol. The number of nitrogens with zero attached hydrogens (tertiary/aromatic N) is 2. The summed E-state index contributed by atoms with van der Waals surface area (Å²) in [6.07, 6.45) is 5.30. The Morgan fingerprint density at radius 1 is 1.47 bits per heavy atom. The van der Waals surface area contributed by atoms with Crippen molar-refractivity contribution < 1.29 is 4.79 Å². The van der Waals surface area contributed by atoms with Crippen LogP contribution in [-0.4, -0.2) is 60.5 Å². The van der Waals surface area contributed by atoms with Gasteiger partial charge in [-0.25, -0.2) is 0 Å². The number of likely N-dealkylation sites (N-methyl/N-ethyl adjacent to an activating group) is 1. The number of hydrogen-bond acceptors (Lipinski definition) is 3. The Hall–Kier alpha value is -1.05. The van der Waals surface area contributed by atoms with Gasteiger partial charge in [0.2, 0.25) is 5.91 Å². The Morgan fingerprint density at radius 3 is 2.53 bits per heavy atom. The van der Waals surface area contributed by atoms with Crippen LogP contribution in [0.5, 0.6) is 0 Å². The third kappa shape index (κ3) is 3.21. The highest BCUT2D eigenvalue weighted by Crippen LogP contribution is 2.18. The van der Waals surface area contributed by atoms with Gasteiger partial charge < -0.3 is 10.2 Å². The molecule has 1 rings (SSSR count). The molecule has 0 aromatic heterocycles. The van der Waals surface area contributed by atoms with Gasteiger partial charge in [0.05, 0.1) is 12.1 Å². The fraction of sp³-hybridized carbons (Fsp3) is 0.769. The third-order valence-corrected chi connectivity index (χ3v) is 3.38. The molecule has 0 radical (unpaired) electrons. The smallest absolute Gasteiger partial charge is 0.243 e. The lowest BCUT2D eigenvalue weighted by Gasteiger charge is -2.42. The first kappa shape index (κ1) is 14.0. The summed E-state index contributed by atoms with van der Waals surface area (Å²) in [5.41, 5.74) is -0.463. The summed E-state index contributed by atoms with van der Waals surface area (Å²) in [4.78, 5) is 16.4. The zero-order valence-corrected chi connectivity index (χ0v) is 11.1. The first-order valence-electron chi connectivity index (χ1n) is 6.22. The van der Waals surface area contributed by atoms with Crippen LogP contribution in [-0.2, 0) is 4.79 Å². The molecule has 1 aliphatic rings. The molecule has 1 fully saturated rings. The van der Waals surface area contributed by atoms with Crippen molar-refractivity contribution >= 4 is 5.91 Å². The van der Waals surface area contributed by atoms with Crippen molar-refractivity contribution in [3.63, 3.8) is 0 Å². The maximum atomic E-state index is 12.5. The van der Waals surface area contributed by atoms with Crippen molar-refractivity contribution in [2.45, 2.75) is 26.3 Å². The minimum Gasteiger partial charge on any atom is -0.330 e. The number of amides is 1. The van der Waals surface area contributed by atoms with Gasteiger partial charge in [-0.1, -0.05) is 5.92 Å². The molecule has 1 saturated heterocycles. The highest BCUT2D eigenvalue weighted by atomic mass is 16.2. The number of rotatable bonds is 4. The Morgan fingerprint density at radius 2 is 2.06 bits per heavy atom. The summed E-state index contributed by atoms with van der Waals surface area (Å²) >= 11 is 0. The van der Waals surface area contributed by atoms with E-state index < -0.39 is 5.54 Å². The Labute approximate surface area is 104 Å². The van der Waals surface area contributed by atoms with Crippen molar-refractivity contribution in [3.05, 3.63) is 0 Å². The monoisotopic (exact) mass is 237 g/mol. The van der Waals surface area contributed by atoms with E-state index in [1.165, 1.54) is 0 Å². The van der Waals surface area contributed by atoms with Gasteiger partial charge in [0.15, 0.2) is 0 Å². The molecule has 0 bridgehead atoms. The van der Waals surface area contributed by atoms with Crippen LogP contribution in [0, 0.1) is 12.3 Å². The van der Waals surface area contributed by atoms with Crippen LogP contribution in [0.4, 0.5) is 0 Å². The molecule has 0 saturated carbocycles. The van der Waals surface area contributed by atoms with Crippen LogP contribution in [0.2, 0.25) is 0 Å². The van der Waals surface area contributed by atoms with Crippen LogP contribution < -0.4 is 5.32 Å². The standard InChI is InChI=1S/C13H23N3O/c1-5-9-15(6-2)12(17)13(3,4)16-10-7-14-8-11-16/h1,14H,6-11H2,2-4H3. The van der Waals surface area contributed by atoms with Gasteiger partial charge in [-0.2, -0.15) is 0 Å². The van der Waals surface area contributed by atoms with E-state index in [1.807, 2.05) is 20.8 Å². The number of carbonyl (C=O) groups is 1. The summed E-state index contributed by atoms with van der Waals surface area (Å²) in [5, 5.41) is 3.30. The van der Waals surface area contributed by atoms with Gasteiger partial charge in [-0.05, 0) is 20.8 Å². The predicted octanol–water partition coefficient (Wildman–Crippen LogP) is 0.152. The molecular formula is C13H23N3O. The SMILES string of the molecule is C#CCN(CC)C(=O)C(C)(C)N1CCNCC1. The Balaban J connectivity index is 2.73. The second-order valence-electron chi connectivity index (χ2n) is 4.82. The third-order valence-electron chi connectivity index (χ3n) is 3.38. The summed E-state index contributed by atoms with van der Waals surface area (Å²) in [6, 6.07) is 0. The molecule has 0 aromatic carbocycles. The van der Waals surface area contributed by atoms with Crippen molar-refractivity contribution in [1.29, 1.82) is 0 Å². The van der Waals surface area contributed by atoms with Gasteiger partial charge in [-0.3, -0.25) is 9.69 Å². The molecule has 0 atom stereocenters. The molecule has 0 aromatic rings. The maximum Gasteiger partial charge on any atom is 0.243 e. The molecule has 1 amide bonds. The van der Waals surface area contributed by atoms with E-state index in [-0.39, 0.29) is 5.91 Å².